The summed E-state index contributed by atoms with van der Waals surface area (Å²) in [6, 6.07) is 33.9. The van der Waals surface area contributed by atoms with Crippen molar-refractivity contribution in [2.24, 2.45) is 9.98 Å². The molecule has 8 rings (SSSR count). The molecule has 0 bridgehead atoms. The van der Waals surface area contributed by atoms with Crippen LogP contribution >= 0.6 is 46.7 Å². The van der Waals surface area contributed by atoms with Crippen molar-refractivity contribution in [3.63, 3.8) is 0 Å². The molecule has 65 heavy (non-hydrogen) atoms. The van der Waals surface area contributed by atoms with Crippen LogP contribution in [-0.4, -0.2) is 174 Å². The van der Waals surface area contributed by atoms with Crippen molar-refractivity contribution in [3.8, 4) is 0 Å². The molecule has 0 spiro atoms. The van der Waals surface area contributed by atoms with Gasteiger partial charge in [0.1, 0.15) is 11.7 Å². The normalized spacial score (nSPS) is 15.6. The lowest BCUT2D eigenvalue weighted by molar-refractivity contribution is -0.134. The summed E-state index contributed by atoms with van der Waals surface area (Å²) in [7, 11) is 0. The lowest BCUT2D eigenvalue weighted by atomic mass is 10.1. The first kappa shape index (κ1) is 51.5. The first-order valence-corrected chi connectivity index (χ1v) is 23.9. The van der Waals surface area contributed by atoms with E-state index < -0.39 is 11.9 Å². The van der Waals surface area contributed by atoms with Gasteiger partial charge in [-0.3, -0.25) is 9.80 Å². The topological polar surface area (TPSA) is 171 Å². The molecule has 0 atom stereocenters. The summed E-state index contributed by atoms with van der Waals surface area (Å²) in [4.78, 5) is 43.8. The van der Waals surface area contributed by atoms with Crippen LogP contribution in [-0.2, 0) is 19.1 Å². The van der Waals surface area contributed by atoms with E-state index in [2.05, 4.69) is 117 Å². The number of carbonyl (C=O) groups is 2. The van der Waals surface area contributed by atoms with Crippen molar-refractivity contribution < 1.29 is 39.5 Å². The van der Waals surface area contributed by atoms with Gasteiger partial charge in [0.05, 0.1) is 56.4 Å². The van der Waals surface area contributed by atoms with E-state index >= 15 is 0 Å². The van der Waals surface area contributed by atoms with Gasteiger partial charge < -0.3 is 39.7 Å². The molecule has 2 fully saturated rings. The number of aliphatic hydroxyl groups excluding tert-OH is 2. The van der Waals surface area contributed by atoms with E-state index in [1.54, 1.807) is 23.5 Å². The number of carboxylic acid groups (broad SMARTS) is 2. The third kappa shape index (κ3) is 16.7. The molecule has 0 amide bonds. The number of rotatable bonds is 12. The minimum Gasteiger partial charge on any atom is -0.478 e. The predicted molar refractivity (Wildman–Crippen MR) is 259 cm³/mol. The predicted octanol–water partition coefficient (Wildman–Crippen LogP) is 6.85. The first-order valence-electron chi connectivity index (χ1n) is 21.2. The highest BCUT2D eigenvalue weighted by molar-refractivity contribution is 7.99. The van der Waals surface area contributed by atoms with Crippen molar-refractivity contribution >= 4 is 81.7 Å². The van der Waals surface area contributed by atoms with Crippen molar-refractivity contribution in [2.75, 3.05) is 110 Å². The zero-order valence-electron chi connectivity index (χ0n) is 36.1. The van der Waals surface area contributed by atoms with Crippen LogP contribution in [0.5, 0.6) is 0 Å². The maximum Gasteiger partial charge on any atom is 0.328 e. The van der Waals surface area contributed by atoms with E-state index in [0.29, 0.717) is 38.6 Å². The number of amidine groups is 2. The maximum atomic E-state index is 9.55. The summed E-state index contributed by atoms with van der Waals surface area (Å²) < 4.78 is 10.8. The van der Waals surface area contributed by atoms with Gasteiger partial charge in [0, 0.05) is 108 Å². The quantitative estimate of drug-likeness (QED) is 0.0661. The van der Waals surface area contributed by atoms with Crippen LogP contribution in [0.15, 0.2) is 139 Å². The number of aliphatic carboxylic acids is 2. The molecule has 4 N–H and O–H groups in total. The van der Waals surface area contributed by atoms with Crippen LogP contribution in [0, 0.1) is 0 Å². The lowest BCUT2D eigenvalue weighted by Gasteiger charge is -2.36. The second-order valence-electron chi connectivity index (χ2n) is 14.4. The fraction of sp³-hybridized carbons (Fsp3) is 0.362. The van der Waals surface area contributed by atoms with Gasteiger partial charge in [-0.2, -0.15) is 0 Å². The molecule has 0 radical (unpaired) electrons. The summed E-state index contributed by atoms with van der Waals surface area (Å²) in [6.45, 7) is 12.0. The number of fused-ring (bicyclic) bond motifs is 4. The number of alkyl halides is 2. The van der Waals surface area contributed by atoms with Crippen LogP contribution in [0.3, 0.4) is 0 Å². The van der Waals surface area contributed by atoms with Crippen LogP contribution < -0.4 is 0 Å². The first-order chi connectivity index (χ1) is 31.7. The van der Waals surface area contributed by atoms with Crippen LogP contribution in [0.4, 0.5) is 11.4 Å². The molecule has 0 aliphatic carbocycles. The Balaban J connectivity index is 0.000000199. The highest BCUT2D eigenvalue weighted by atomic mass is 35.5. The standard InChI is InChI=1S/2C21H25N3O2S.C4H4O4.CH2Cl2/c2*25-14-16-26-15-13-23-9-11-24(12-10-23)21-17-5-1-3-7-19(17)27-20-8-4-2-6-18(20)22-21;5-3(6)1-2-4(7)8;2-1-3/h2*1-8,25H,9-16H2;1-2H,(H,5,6)(H,7,8);1H2/b;;2-1+;. The third-order valence-corrected chi connectivity index (χ3v) is 12.4. The summed E-state index contributed by atoms with van der Waals surface area (Å²) in [5, 5.41) is 33.4. The van der Waals surface area contributed by atoms with Gasteiger partial charge in [0.15, 0.2) is 0 Å². The average molecular weight is 968 g/mol. The molecule has 0 aromatic heterocycles. The smallest absolute Gasteiger partial charge is 0.328 e. The summed E-state index contributed by atoms with van der Waals surface area (Å²) in [5.41, 5.74) is 4.54. The molecule has 0 unspecified atom stereocenters. The average Bonchev–Trinajstić information content (AvgIpc) is 3.61. The molecule has 4 aromatic carbocycles. The van der Waals surface area contributed by atoms with Gasteiger partial charge in [-0.15, -0.1) is 23.2 Å². The van der Waals surface area contributed by atoms with Gasteiger partial charge in [0.25, 0.3) is 0 Å². The van der Waals surface area contributed by atoms with Gasteiger partial charge in [-0.1, -0.05) is 84.2 Å². The second-order valence-corrected chi connectivity index (χ2v) is 17.4. The van der Waals surface area contributed by atoms with Gasteiger partial charge >= 0.3 is 11.9 Å². The van der Waals surface area contributed by atoms with E-state index in [9.17, 15) is 9.59 Å². The van der Waals surface area contributed by atoms with E-state index in [1.165, 1.54) is 30.7 Å². The van der Waals surface area contributed by atoms with Crippen molar-refractivity contribution in [1.29, 1.82) is 0 Å². The largest absolute Gasteiger partial charge is 0.478 e. The highest BCUT2D eigenvalue weighted by Gasteiger charge is 2.26. The zero-order chi connectivity index (χ0) is 46.2. The number of nitrogens with zero attached hydrogens (tertiary/aromatic N) is 6. The second kappa shape index (κ2) is 28.5. The SMILES string of the molecule is ClCCl.O=C(O)/C=C/C(=O)O.OCCOCCN1CCN(C2=Nc3ccccc3Sc3ccccc32)CC1.OCCOCCN1CCN(C2=Nc3ccccc3Sc3ccccc32)CC1. The van der Waals surface area contributed by atoms with E-state index in [1.807, 2.05) is 0 Å². The Morgan fingerprint density at radius 3 is 1.23 bits per heavy atom. The third-order valence-electron chi connectivity index (χ3n) is 10.2. The van der Waals surface area contributed by atoms with Crippen molar-refractivity contribution in [1.82, 2.24) is 19.6 Å². The summed E-state index contributed by atoms with van der Waals surface area (Å²) >= 11 is 13.1. The summed E-state index contributed by atoms with van der Waals surface area (Å²) in [6.07, 6.45) is 1.12. The Hall–Kier alpha value is -4.46. The van der Waals surface area contributed by atoms with Crippen LogP contribution in [0.25, 0.3) is 0 Å². The zero-order valence-corrected chi connectivity index (χ0v) is 39.2. The number of hydrogen-bond acceptors (Lipinski definition) is 14. The monoisotopic (exact) mass is 966 g/mol. The summed E-state index contributed by atoms with van der Waals surface area (Å²) in [5.74, 6) is -0.349. The number of aliphatic hydroxyl groups is 2. The van der Waals surface area contributed by atoms with Crippen molar-refractivity contribution in [3.05, 3.63) is 120 Å². The number of aliphatic imine (C=N–C) groups is 2. The van der Waals surface area contributed by atoms with E-state index in [0.717, 1.165) is 88.5 Å². The number of carboxylic acids is 2. The number of piperazine rings is 2. The molecule has 18 heteroatoms. The molecule has 348 valence electrons. The van der Waals surface area contributed by atoms with Gasteiger partial charge in [-0.25, -0.2) is 19.6 Å². The molecule has 4 aromatic rings. The Labute approximate surface area is 399 Å². The number of ether oxygens (including phenoxy) is 2. The molecule has 4 aliphatic heterocycles. The fourth-order valence-corrected chi connectivity index (χ4v) is 9.09. The minimum atomic E-state index is -1.26. The Morgan fingerprint density at radius 2 is 0.877 bits per heavy atom. The number of hydrogen-bond donors (Lipinski definition) is 4. The molecular weight excluding hydrogens is 912 g/mol. The van der Waals surface area contributed by atoms with Crippen molar-refractivity contribution in [2.45, 2.75) is 19.6 Å². The molecule has 4 aliphatic rings. The van der Waals surface area contributed by atoms with E-state index in [-0.39, 0.29) is 18.6 Å². The molecule has 14 nitrogen and oxygen atoms in total. The maximum absolute atomic E-state index is 9.55. The lowest BCUT2D eigenvalue weighted by Crippen LogP contribution is -2.49. The minimum absolute atomic E-state index is 0.0898. The molecule has 0 saturated carbocycles. The van der Waals surface area contributed by atoms with Crippen LogP contribution in [0.1, 0.15) is 11.1 Å². The number of halogens is 2. The van der Waals surface area contributed by atoms with Gasteiger partial charge in [0.2, 0.25) is 0 Å². The van der Waals surface area contributed by atoms with Gasteiger partial charge in [-0.05, 0) is 36.4 Å². The Morgan fingerprint density at radius 1 is 0.538 bits per heavy atom. The Kier molecular flexibility index (Phi) is 22.6. The highest BCUT2D eigenvalue weighted by Crippen LogP contribution is 2.42. The Bertz CT molecular complexity index is 2050. The number of benzene rings is 4. The molecule has 4 heterocycles. The van der Waals surface area contributed by atoms with E-state index in [4.69, 9.17) is 63.1 Å². The van der Waals surface area contributed by atoms with Crippen LogP contribution in [0.2, 0.25) is 0 Å². The molecular formula is C47H56Cl2N6O8S2. The molecule has 2 saturated heterocycles. The number of para-hydroxylation sites is 2. The fourth-order valence-electron chi connectivity index (χ4n) is 7.05.